The predicted molar refractivity (Wildman–Crippen MR) is 77.6 cm³/mol. The van der Waals surface area contributed by atoms with Crippen molar-refractivity contribution in [3.63, 3.8) is 0 Å². The number of para-hydroxylation sites is 1. The lowest BCUT2D eigenvalue weighted by molar-refractivity contribution is -0.385. The van der Waals surface area contributed by atoms with Gasteiger partial charge in [-0.15, -0.1) is 0 Å². The van der Waals surface area contributed by atoms with Gasteiger partial charge in [-0.1, -0.05) is 12.1 Å². The van der Waals surface area contributed by atoms with Crippen molar-refractivity contribution in [2.45, 2.75) is 6.92 Å². The zero-order valence-corrected chi connectivity index (χ0v) is 12.2. The molecule has 1 aromatic carbocycles. The minimum Gasteiger partial charge on any atom is -0.378 e. The van der Waals surface area contributed by atoms with E-state index in [0.29, 0.717) is 31.9 Å². The summed E-state index contributed by atoms with van der Waals surface area (Å²) in [5.74, 6) is -0.857. The Balaban J connectivity index is 2.02. The van der Waals surface area contributed by atoms with Gasteiger partial charge >= 0.3 is 0 Å². The number of nitro benzene ring substituents is 1. The van der Waals surface area contributed by atoms with Gasteiger partial charge in [0.2, 0.25) is 5.91 Å². The van der Waals surface area contributed by atoms with Crippen LogP contribution in [0, 0.1) is 17.0 Å². The van der Waals surface area contributed by atoms with Crippen LogP contribution in [0.3, 0.4) is 0 Å². The van der Waals surface area contributed by atoms with Crippen LogP contribution < -0.4 is 5.32 Å². The average Bonchev–Trinajstić information content (AvgIpc) is 2.52. The second-order valence-corrected chi connectivity index (χ2v) is 4.90. The molecule has 118 valence electrons. The first-order valence-corrected chi connectivity index (χ1v) is 6.88. The minimum absolute atomic E-state index is 0.0419. The van der Waals surface area contributed by atoms with E-state index >= 15 is 0 Å². The molecule has 0 bridgehead atoms. The maximum absolute atomic E-state index is 12.1. The lowest BCUT2D eigenvalue weighted by Crippen LogP contribution is -2.45. The van der Waals surface area contributed by atoms with Crippen molar-refractivity contribution in [3.8, 4) is 0 Å². The summed E-state index contributed by atoms with van der Waals surface area (Å²) in [5, 5.41) is 13.5. The molecular weight excluding hydrogens is 290 g/mol. The van der Waals surface area contributed by atoms with Gasteiger partial charge in [0.15, 0.2) is 0 Å². The Kier molecular flexibility index (Phi) is 5.05. The van der Waals surface area contributed by atoms with Crippen LogP contribution >= 0.6 is 0 Å². The highest BCUT2D eigenvalue weighted by molar-refractivity contribution is 6.00. The molecule has 0 atom stereocenters. The molecule has 8 heteroatoms. The third-order valence-corrected chi connectivity index (χ3v) is 3.43. The fraction of sp³-hybridized carbons (Fsp3) is 0.429. The second-order valence-electron chi connectivity index (χ2n) is 4.90. The number of nitrogens with one attached hydrogen (secondary N) is 1. The van der Waals surface area contributed by atoms with Crippen molar-refractivity contribution in [1.29, 1.82) is 0 Å². The van der Waals surface area contributed by atoms with E-state index in [4.69, 9.17) is 4.74 Å². The Hall–Kier alpha value is -2.48. The number of aryl methyl sites for hydroxylation is 1. The monoisotopic (exact) mass is 307 g/mol. The van der Waals surface area contributed by atoms with Crippen LogP contribution in [0.4, 0.5) is 5.69 Å². The Morgan fingerprint density at radius 2 is 2.05 bits per heavy atom. The van der Waals surface area contributed by atoms with Crippen LogP contribution in [0.25, 0.3) is 0 Å². The van der Waals surface area contributed by atoms with Gasteiger partial charge in [-0.3, -0.25) is 19.7 Å². The number of benzene rings is 1. The third kappa shape index (κ3) is 3.59. The van der Waals surface area contributed by atoms with E-state index in [1.165, 1.54) is 6.07 Å². The summed E-state index contributed by atoms with van der Waals surface area (Å²) in [5.41, 5.74) is 0.121. The van der Waals surface area contributed by atoms with Crippen molar-refractivity contribution in [1.82, 2.24) is 10.2 Å². The Morgan fingerprint density at radius 1 is 1.36 bits per heavy atom. The number of hydrogen-bond acceptors (Lipinski definition) is 5. The number of nitro groups is 1. The van der Waals surface area contributed by atoms with Gasteiger partial charge in [-0.2, -0.15) is 0 Å². The van der Waals surface area contributed by atoms with Gasteiger partial charge in [0, 0.05) is 18.7 Å². The van der Waals surface area contributed by atoms with E-state index in [-0.39, 0.29) is 23.7 Å². The Bertz CT molecular complexity index is 596. The molecule has 0 aromatic heterocycles. The molecule has 8 nitrogen and oxygen atoms in total. The second kappa shape index (κ2) is 6.99. The highest BCUT2D eigenvalue weighted by Gasteiger charge is 2.23. The van der Waals surface area contributed by atoms with Crippen molar-refractivity contribution in [2.75, 3.05) is 32.8 Å². The number of carbonyl (C=O) groups is 2. The summed E-state index contributed by atoms with van der Waals surface area (Å²) >= 11 is 0. The molecular formula is C14H17N3O5. The molecule has 0 spiro atoms. The number of rotatable bonds is 4. The minimum atomic E-state index is -0.628. The van der Waals surface area contributed by atoms with Crippen molar-refractivity contribution >= 4 is 17.5 Å². The molecule has 2 amide bonds. The Labute approximate surface area is 127 Å². The fourth-order valence-electron chi connectivity index (χ4n) is 2.26. The van der Waals surface area contributed by atoms with Crippen LogP contribution in [-0.2, 0) is 9.53 Å². The summed E-state index contributed by atoms with van der Waals surface area (Å²) < 4.78 is 5.14. The zero-order chi connectivity index (χ0) is 16.1. The molecule has 1 aliphatic heterocycles. The standard InChI is InChI=1S/C14H17N3O5/c1-10-3-2-4-11(13(10)17(20)21)14(19)15-9-12(18)16-5-7-22-8-6-16/h2-4H,5-9H2,1H3,(H,15,19). The van der Waals surface area contributed by atoms with Gasteiger partial charge < -0.3 is 15.0 Å². The number of amides is 2. The molecule has 1 aromatic rings. The number of morpholine rings is 1. The van der Waals surface area contributed by atoms with Crippen LogP contribution in [0.2, 0.25) is 0 Å². The van der Waals surface area contributed by atoms with Crippen LogP contribution in [-0.4, -0.2) is 54.5 Å². The predicted octanol–water partition coefficient (Wildman–Crippen LogP) is 0.492. The Morgan fingerprint density at radius 3 is 2.68 bits per heavy atom. The van der Waals surface area contributed by atoms with Gasteiger partial charge in [0.1, 0.15) is 5.56 Å². The van der Waals surface area contributed by atoms with Crippen molar-refractivity contribution in [2.24, 2.45) is 0 Å². The fourth-order valence-corrected chi connectivity index (χ4v) is 2.26. The first-order chi connectivity index (χ1) is 10.5. The van der Waals surface area contributed by atoms with E-state index in [1.807, 2.05) is 0 Å². The molecule has 1 saturated heterocycles. The summed E-state index contributed by atoms with van der Waals surface area (Å²) in [6, 6.07) is 4.51. The van der Waals surface area contributed by atoms with E-state index in [9.17, 15) is 19.7 Å². The quantitative estimate of drug-likeness (QED) is 0.644. The maximum Gasteiger partial charge on any atom is 0.285 e. The highest BCUT2D eigenvalue weighted by Crippen LogP contribution is 2.22. The SMILES string of the molecule is Cc1cccc(C(=O)NCC(=O)N2CCOCC2)c1[N+](=O)[O-]. The third-order valence-electron chi connectivity index (χ3n) is 3.43. The summed E-state index contributed by atoms with van der Waals surface area (Å²) in [6.07, 6.45) is 0. The van der Waals surface area contributed by atoms with Gasteiger partial charge in [-0.25, -0.2) is 0 Å². The van der Waals surface area contributed by atoms with E-state index in [1.54, 1.807) is 24.0 Å². The zero-order valence-electron chi connectivity index (χ0n) is 12.2. The smallest absolute Gasteiger partial charge is 0.285 e. The molecule has 1 aliphatic rings. The molecule has 0 aliphatic carbocycles. The molecule has 1 N–H and O–H groups in total. The summed E-state index contributed by atoms with van der Waals surface area (Å²) in [6.45, 7) is 3.29. The van der Waals surface area contributed by atoms with Gasteiger partial charge in [0.05, 0.1) is 24.7 Å². The normalized spacial score (nSPS) is 14.5. The van der Waals surface area contributed by atoms with Crippen LogP contribution in [0.1, 0.15) is 15.9 Å². The number of carbonyl (C=O) groups excluding carboxylic acids is 2. The lowest BCUT2D eigenvalue weighted by atomic mass is 10.1. The topological polar surface area (TPSA) is 102 Å². The first kappa shape index (κ1) is 15.9. The molecule has 1 fully saturated rings. The summed E-state index contributed by atoms with van der Waals surface area (Å²) in [7, 11) is 0. The van der Waals surface area contributed by atoms with E-state index in [2.05, 4.69) is 5.32 Å². The van der Waals surface area contributed by atoms with Gasteiger partial charge in [-0.05, 0) is 13.0 Å². The van der Waals surface area contributed by atoms with Crippen LogP contribution in [0.15, 0.2) is 18.2 Å². The molecule has 0 saturated carbocycles. The molecule has 0 radical (unpaired) electrons. The van der Waals surface area contributed by atoms with Gasteiger partial charge in [0.25, 0.3) is 11.6 Å². The molecule has 1 heterocycles. The number of hydrogen-bond donors (Lipinski definition) is 1. The van der Waals surface area contributed by atoms with Crippen molar-refractivity contribution < 1.29 is 19.2 Å². The molecule has 2 rings (SSSR count). The average molecular weight is 307 g/mol. The summed E-state index contributed by atoms with van der Waals surface area (Å²) in [4.78, 5) is 36.1. The number of nitrogens with zero attached hydrogens (tertiary/aromatic N) is 2. The molecule has 0 unspecified atom stereocenters. The first-order valence-electron chi connectivity index (χ1n) is 6.88. The van der Waals surface area contributed by atoms with Crippen molar-refractivity contribution in [3.05, 3.63) is 39.4 Å². The molecule has 22 heavy (non-hydrogen) atoms. The number of ether oxygens (including phenoxy) is 1. The van der Waals surface area contributed by atoms with Crippen LogP contribution in [0.5, 0.6) is 0 Å². The van der Waals surface area contributed by atoms with E-state index < -0.39 is 10.8 Å². The largest absolute Gasteiger partial charge is 0.378 e. The lowest BCUT2D eigenvalue weighted by Gasteiger charge is -2.26. The highest BCUT2D eigenvalue weighted by atomic mass is 16.6. The van der Waals surface area contributed by atoms with E-state index in [0.717, 1.165) is 0 Å². The maximum atomic E-state index is 12.1.